The largest absolute Gasteiger partial charge is 0.461 e. The van der Waals surface area contributed by atoms with Gasteiger partial charge in [0.05, 0.1) is 23.4 Å². The van der Waals surface area contributed by atoms with Crippen LogP contribution in [0.25, 0.3) is 28.0 Å². The molecule has 0 saturated carbocycles. The number of nitrogens with zero attached hydrogens (tertiary/aromatic N) is 5. The van der Waals surface area contributed by atoms with Crippen molar-refractivity contribution in [3.05, 3.63) is 64.3 Å². The number of ether oxygens (including phenoxy) is 1. The summed E-state index contributed by atoms with van der Waals surface area (Å²) in [6.07, 6.45) is 0. The number of nitriles is 1. The molecular formula is C22H17ClFN5O2. The predicted molar refractivity (Wildman–Crippen MR) is 114 cm³/mol. The molecule has 0 bridgehead atoms. The molecule has 2 aromatic heterocycles. The molecule has 0 fully saturated rings. The van der Waals surface area contributed by atoms with Crippen molar-refractivity contribution in [3.8, 4) is 23.1 Å². The maximum atomic E-state index is 14.3. The Balaban J connectivity index is 1.98. The molecular weight excluding hydrogens is 421 g/mol. The van der Waals surface area contributed by atoms with E-state index in [0.29, 0.717) is 33.4 Å². The molecule has 7 nitrogen and oxygen atoms in total. The van der Waals surface area contributed by atoms with E-state index in [2.05, 4.69) is 10.1 Å². The fraction of sp³-hybridized carbons (Fsp3) is 0.182. The van der Waals surface area contributed by atoms with Crippen LogP contribution in [0.5, 0.6) is 0 Å². The number of hydrogen-bond donors (Lipinski definition) is 0. The van der Waals surface area contributed by atoms with Gasteiger partial charge in [-0.2, -0.15) is 10.4 Å². The molecule has 0 amide bonds. The maximum Gasteiger partial charge on any atom is 0.358 e. The van der Waals surface area contributed by atoms with Crippen molar-refractivity contribution in [1.29, 1.82) is 5.26 Å². The molecule has 31 heavy (non-hydrogen) atoms. The minimum Gasteiger partial charge on any atom is -0.461 e. The maximum absolute atomic E-state index is 14.3. The Kier molecular flexibility index (Phi) is 5.21. The smallest absolute Gasteiger partial charge is 0.358 e. The summed E-state index contributed by atoms with van der Waals surface area (Å²) in [5.74, 6) is -0.909. The van der Waals surface area contributed by atoms with Gasteiger partial charge in [0.25, 0.3) is 0 Å². The topological polar surface area (TPSA) is 85.7 Å². The number of carbonyl (C=O) groups excluding carboxylic acids is 1. The molecule has 0 saturated heterocycles. The molecule has 0 unspecified atom stereocenters. The second kappa shape index (κ2) is 7.85. The van der Waals surface area contributed by atoms with E-state index >= 15 is 0 Å². The Labute approximate surface area is 182 Å². The Morgan fingerprint density at radius 2 is 2.06 bits per heavy atom. The highest BCUT2D eigenvalue weighted by molar-refractivity contribution is 6.34. The van der Waals surface area contributed by atoms with Gasteiger partial charge in [-0.05, 0) is 50.2 Å². The van der Waals surface area contributed by atoms with Crippen LogP contribution < -0.4 is 0 Å². The van der Waals surface area contributed by atoms with Crippen molar-refractivity contribution < 1.29 is 13.9 Å². The van der Waals surface area contributed by atoms with Gasteiger partial charge in [0.2, 0.25) is 0 Å². The van der Waals surface area contributed by atoms with E-state index < -0.39 is 11.8 Å². The summed E-state index contributed by atoms with van der Waals surface area (Å²) in [4.78, 5) is 16.9. The van der Waals surface area contributed by atoms with E-state index in [1.807, 2.05) is 18.2 Å². The zero-order valence-corrected chi connectivity index (χ0v) is 17.7. The molecule has 0 aliphatic carbocycles. The van der Waals surface area contributed by atoms with E-state index in [-0.39, 0.29) is 17.9 Å². The lowest BCUT2D eigenvalue weighted by molar-refractivity contribution is 0.0519. The molecule has 0 aliphatic rings. The van der Waals surface area contributed by atoms with Crippen LogP contribution in [0.4, 0.5) is 4.39 Å². The molecule has 0 radical (unpaired) electrons. The summed E-state index contributed by atoms with van der Waals surface area (Å²) < 4.78 is 22.8. The minimum absolute atomic E-state index is 0.0762. The van der Waals surface area contributed by atoms with E-state index in [1.165, 1.54) is 12.1 Å². The van der Waals surface area contributed by atoms with Crippen LogP contribution in [0.15, 0.2) is 36.4 Å². The molecule has 9 heteroatoms. The number of esters is 1. The quantitative estimate of drug-likeness (QED) is 0.436. The van der Waals surface area contributed by atoms with E-state index in [4.69, 9.17) is 21.6 Å². The Morgan fingerprint density at radius 3 is 2.74 bits per heavy atom. The van der Waals surface area contributed by atoms with Gasteiger partial charge in [0.15, 0.2) is 5.69 Å². The van der Waals surface area contributed by atoms with Crippen LogP contribution in [0, 0.1) is 24.1 Å². The molecule has 0 aliphatic heterocycles. The van der Waals surface area contributed by atoms with Gasteiger partial charge in [-0.25, -0.2) is 14.2 Å². The average Bonchev–Trinajstić information content (AvgIpc) is 3.24. The van der Waals surface area contributed by atoms with Crippen LogP contribution in [0.3, 0.4) is 0 Å². The molecule has 4 rings (SSSR count). The third kappa shape index (κ3) is 3.43. The number of fused-ring (bicyclic) bond motifs is 1. The molecule has 156 valence electrons. The van der Waals surface area contributed by atoms with Crippen molar-refractivity contribution in [1.82, 2.24) is 19.3 Å². The van der Waals surface area contributed by atoms with E-state index in [9.17, 15) is 9.18 Å². The molecule has 0 spiro atoms. The third-order valence-electron chi connectivity index (χ3n) is 4.93. The van der Waals surface area contributed by atoms with Crippen molar-refractivity contribution in [2.45, 2.75) is 13.8 Å². The summed E-state index contributed by atoms with van der Waals surface area (Å²) in [6, 6.07) is 11.4. The lowest BCUT2D eigenvalue weighted by atomic mass is 10.1. The van der Waals surface area contributed by atoms with Crippen molar-refractivity contribution in [2.24, 2.45) is 7.05 Å². The highest BCUT2D eigenvalue weighted by atomic mass is 35.5. The summed E-state index contributed by atoms with van der Waals surface area (Å²) in [5.41, 5.74) is 2.37. The van der Waals surface area contributed by atoms with Crippen LogP contribution in [-0.2, 0) is 11.8 Å². The summed E-state index contributed by atoms with van der Waals surface area (Å²) >= 11 is 6.37. The standard InChI is InChI=1S/C22H17ClFN5O2/c1-4-31-22(30)19-12(2)29(15-7-8-18-16(10-15)20(23)28(3)27-18)21(26-19)13-5-6-14(11-25)17(24)9-13/h5-10H,4H2,1-3H3. The van der Waals surface area contributed by atoms with Gasteiger partial charge in [-0.1, -0.05) is 11.6 Å². The molecule has 2 aromatic carbocycles. The number of rotatable bonds is 4. The SMILES string of the molecule is CCOC(=O)c1nc(-c2ccc(C#N)c(F)c2)n(-c2ccc3nn(C)c(Cl)c3c2)c1C. The first-order valence-corrected chi connectivity index (χ1v) is 9.82. The number of benzene rings is 2. The normalized spacial score (nSPS) is 11.0. The number of halogens is 2. The number of hydrogen-bond acceptors (Lipinski definition) is 5. The fourth-order valence-electron chi connectivity index (χ4n) is 3.44. The monoisotopic (exact) mass is 437 g/mol. The molecule has 4 aromatic rings. The third-order valence-corrected chi connectivity index (χ3v) is 5.37. The number of carbonyl (C=O) groups is 1. The second-order valence-electron chi connectivity index (χ2n) is 6.85. The van der Waals surface area contributed by atoms with Crippen LogP contribution in [-0.4, -0.2) is 31.9 Å². The molecule has 0 atom stereocenters. The first-order valence-electron chi connectivity index (χ1n) is 9.44. The highest BCUT2D eigenvalue weighted by Crippen LogP contribution is 2.31. The number of imidazole rings is 1. The van der Waals surface area contributed by atoms with Gasteiger partial charge in [0, 0.05) is 23.7 Å². The summed E-state index contributed by atoms with van der Waals surface area (Å²) in [6.45, 7) is 3.64. The highest BCUT2D eigenvalue weighted by Gasteiger charge is 2.23. The van der Waals surface area contributed by atoms with Crippen molar-refractivity contribution in [2.75, 3.05) is 6.61 Å². The van der Waals surface area contributed by atoms with Gasteiger partial charge >= 0.3 is 5.97 Å². The zero-order valence-electron chi connectivity index (χ0n) is 17.0. The minimum atomic E-state index is -0.671. The zero-order chi connectivity index (χ0) is 22.3. The van der Waals surface area contributed by atoms with E-state index in [1.54, 1.807) is 42.3 Å². The van der Waals surface area contributed by atoms with Crippen LogP contribution in [0.2, 0.25) is 5.15 Å². The first-order chi connectivity index (χ1) is 14.8. The fourth-order valence-corrected chi connectivity index (χ4v) is 3.63. The van der Waals surface area contributed by atoms with Gasteiger partial charge < -0.3 is 4.74 Å². The van der Waals surface area contributed by atoms with Crippen LogP contribution >= 0.6 is 11.6 Å². The van der Waals surface area contributed by atoms with E-state index in [0.717, 1.165) is 5.39 Å². The predicted octanol–water partition coefficient (Wildman–Crippen LogP) is 4.58. The molecule has 0 N–H and O–H groups in total. The lowest BCUT2D eigenvalue weighted by Gasteiger charge is -2.11. The lowest BCUT2D eigenvalue weighted by Crippen LogP contribution is -2.07. The Hall–Kier alpha value is -3.70. The number of aromatic nitrogens is 4. The second-order valence-corrected chi connectivity index (χ2v) is 7.21. The summed E-state index contributed by atoms with van der Waals surface area (Å²) in [5, 5.41) is 14.6. The average molecular weight is 438 g/mol. The van der Waals surface area contributed by atoms with Gasteiger partial charge in [-0.3, -0.25) is 9.25 Å². The number of aryl methyl sites for hydroxylation is 1. The van der Waals surface area contributed by atoms with Gasteiger partial charge in [-0.15, -0.1) is 0 Å². The van der Waals surface area contributed by atoms with Crippen LogP contribution in [0.1, 0.15) is 28.7 Å². The Bertz CT molecular complexity index is 1380. The van der Waals surface area contributed by atoms with Crippen molar-refractivity contribution in [3.63, 3.8) is 0 Å². The first kappa shape index (κ1) is 20.6. The summed E-state index contributed by atoms with van der Waals surface area (Å²) in [7, 11) is 1.74. The van der Waals surface area contributed by atoms with Gasteiger partial charge in [0.1, 0.15) is 22.9 Å². The molecule has 2 heterocycles. The Morgan fingerprint density at radius 1 is 1.29 bits per heavy atom. The van der Waals surface area contributed by atoms with Crippen molar-refractivity contribution >= 4 is 28.5 Å².